The van der Waals surface area contributed by atoms with Crippen LogP contribution in [0, 0.1) is 12.3 Å². The summed E-state index contributed by atoms with van der Waals surface area (Å²) in [5, 5.41) is 0. The van der Waals surface area contributed by atoms with Crippen LogP contribution in [-0.2, 0) is 6.54 Å². The molecule has 0 N–H and O–H groups in total. The molecule has 1 aromatic rings. The molecule has 0 unspecified atom stereocenters. The van der Waals surface area contributed by atoms with Crippen molar-refractivity contribution < 1.29 is 17.0 Å². The summed E-state index contributed by atoms with van der Waals surface area (Å²) in [6.07, 6.45) is 8.98. The summed E-state index contributed by atoms with van der Waals surface area (Å²) in [6.45, 7) is 0.654. The van der Waals surface area contributed by atoms with Crippen LogP contribution in [-0.4, -0.2) is 0 Å². The van der Waals surface area contributed by atoms with E-state index in [0.29, 0.717) is 6.54 Å². The van der Waals surface area contributed by atoms with Gasteiger partial charge < -0.3 is 12.4 Å². The molecule has 0 saturated carbocycles. The lowest BCUT2D eigenvalue weighted by atomic mass is 10.5. The molecule has 10 heavy (non-hydrogen) atoms. The van der Waals surface area contributed by atoms with Gasteiger partial charge in [0.05, 0.1) is 0 Å². The van der Waals surface area contributed by atoms with Crippen molar-refractivity contribution in [2.24, 2.45) is 0 Å². The van der Waals surface area contributed by atoms with Gasteiger partial charge in [-0.05, 0) is 5.92 Å². The first-order valence-electron chi connectivity index (χ1n) is 2.81. The highest BCUT2D eigenvalue weighted by atomic mass is 35.5. The molecule has 0 aliphatic carbocycles. The molecule has 0 atom stereocenters. The summed E-state index contributed by atoms with van der Waals surface area (Å²) in [5.74, 6) is 2.55. The first-order chi connectivity index (χ1) is 4.43. The molecule has 1 aromatic heterocycles. The minimum absolute atomic E-state index is 0. The third kappa shape index (κ3) is 2.52. The molecule has 0 fully saturated rings. The smallest absolute Gasteiger partial charge is 0.208 e. The molecule has 0 saturated heterocycles. The summed E-state index contributed by atoms with van der Waals surface area (Å²) in [6, 6.07) is 5.88. The van der Waals surface area contributed by atoms with E-state index in [2.05, 4.69) is 5.92 Å². The Balaban J connectivity index is 0.000000810. The zero-order chi connectivity index (χ0) is 6.53. The maximum absolute atomic E-state index is 5.09. The van der Waals surface area contributed by atoms with Crippen LogP contribution in [0.25, 0.3) is 0 Å². The summed E-state index contributed by atoms with van der Waals surface area (Å²) < 4.78 is 1.94. The van der Waals surface area contributed by atoms with Gasteiger partial charge in [-0.15, -0.1) is 6.42 Å². The highest BCUT2D eigenvalue weighted by molar-refractivity contribution is 4.85. The van der Waals surface area contributed by atoms with Crippen LogP contribution in [0.2, 0.25) is 0 Å². The van der Waals surface area contributed by atoms with E-state index in [0.717, 1.165) is 0 Å². The Kier molecular flexibility index (Phi) is 4.36. The minimum atomic E-state index is 0. The van der Waals surface area contributed by atoms with Gasteiger partial charge in [-0.1, -0.05) is 6.07 Å². The fourth-order valence-electron chi connectivity index (χ4n) is 0.645. The minimum Gasteiger partial charge on any atom is -1.00 e. The van der Waals surface area contributed by atoms with Gasteiger partial charge in [-0.25, -0.2) is 0 Å². The number of halogens is 1. The van der Waals surface area contributed by atoms with Crippen LogP contribution < -0.4 is 17.0 Å². The average Bonchev–Trinajstić information content (AvgIpc) is 1.91. The number of nitrogens with zero attached hydrogens (tertiary/aromatic N) is 1. The maximum Gasteiger partial charge on any atom is 0.208 e. The fraction of sp³-hybridized carbons (Fsp3) is 0.125. The molecule has 0 aromatic carbocycles. The second kappa shape index (κ2) is 4.84. The van der Waals surface area contributed by atoms with Crippen LogP contribution in [0.3, 0.4) is 0 Å². The van der Waals surface area contributed by atoms with E-state index in [-0.39, 0.29) is 12.4 Å². The predicted octanol–water partition coefficient (Wildman–Crippen LogP) is -2.39. The van der Waals surface area contributed by atoms with Gasteiger partial charge in [0.15, 0.2) is 12.4 Å². The number of aromatic nitrogens is 1. The molecule has 0 aliphatic rings. The first-order valence-corrected chi connectivity index (χ1v) is 2.81. The standard InChI is InChI=1S/C8H8N.ClH/c1-2-6-9-7-4-3-5-8-9;/h1,3-5,7-8H,6H2;1H/q+1;/p-1. The van der Waals surface area contributed by atoms with Gasteiger partial charge >= 0.3 is 0 Å². The lowest BCUT2D eigenvalue weighted by Gasteiger charge is -1.84. The highest BCUT2D eigenvalue weighted by Crippen LogP contribution is 1.74. The molecule has 0 bridgehead atoms. The van der Waals surface area contributed by atoms with Crippen LogP contribution in [0.5, 0.6) is 0 Å². The molecule has 0 spiro atoms. The van der Waals surface area contributed by atoms with Crippen molar-refractivity contribution in [3.63, 3.8) is 0 Å². The van der Waals surface area contributed by atoms with Gasteiger partial charge in [0.1, 0.15) is 0 Å². The van der Waals surface area contributed by atoms with Crippen LogP contribution in [0.4, 0.5) is 0 Å². The SMILES string of the molecule is C#CC[n+]1ccccc1.[Cl-]. The molecule has 1 rings (SSSR count). The topological polar surface area (TPSA) is 3.88 Å². The second-order valence-corrected chi connectivity index (χ2v) is 1.75. The molecule has 0 aliphatic heterocycles. The summed E-state index contributed by atoms with van der Waals surface area (Å²) >= 11 is 0. The molecule has 0 amide bonds. The third-order valence-electron chi connectivity index (χ3n) is 1.05. The van der Waals surface area contributed by atoms with E-state index in [1.54, 1.807) is 0 Å². The fourth-order valence-corrected chi connectivity index (χ4v) is 0.645. The van der Waals surface area contributed by atoms with Gasteiger partial charge in [-0.3, -0.25) is 0 Å². The number of rotatable bonds is 1. The zero-order valence-corrected chi connectivity index (χ0v) is 6.25. The van der Waals surface area contributed by atoms with Crippen molar-refractivity contribution >= 4 is 0 Å². The number of hydrogen-bond donors (Lipinski definition) is 0. The molecular weight excluding hydrogens is 146 g/mol. The van der Waals surface area contributed by atoms with Crippen molar-refractivity contribution in [3.05, 3.63) is 30.6 Å². The lowest BCUT2D eigenvalue weighted by Crippen LogP contribution is -3.00. The van der Waals surface area contributed by atoms with E-state index < -0.39 is 0 Å². The third-order valence-corrected chi connectivity index (χ3v) is 1.05. The Morgan fingerprint density at radius 2 is 1.80 bits per heavy atom. The lowest BCUT2D eigenvalue weighted by molar-refractivity contribution is -0.684. The first kappa shape index (κ1) is 9.00. The van der Waals surface area contributed by atoms with Crippen LogP contribution in [0.1, 0.15) is 0 Å². The Labute approximate surface area is 67.1 Å². The van der Waals surface area contributed by atoms with E-state index in [9.17, 15) is 0 Å². The van der Waals surface area contributed by atoms with Crippen LogP contribution >= 0.6 is 0 Å². The van der Waals surface area contributed by atoms with Gasteiger partial charge in [-0.2, -0.15) is 4.57 Å². The maximum atomic E-state index is 5.09. The van der Waals surface area contributed by atoms with Crippen molar-refractivity contribution in [2.75, 3.05) is 0 Å². The Bertz CT molecular complexity index is 212. The van der Waals surface area contributed by atoms with Crippen LogP contribution in [0.15, 0.2) is 30.6 Å². The Morgan fingerprint density at radius 3 is 2.30 bits per heavy atom. The Morgan fingerprint density at radius 1 is 1.20 bits per heavy atom. The van der Waals surface area contributed by atoms with Crippen molar-refractivity contribution in [1.82, 2.24) is 0 Å². The summed E-state index contributed by atoms with van der Waals surface area (Å²) in [4.78, 5) is 0. The molecule has 52 valence electrons. The highest BCUT2D eigenvalue weighted by Gasteiger charge is 1.88. The van der Waals surface area contributed by atoms with E-state index in [1.165, 1.54) is 0 Å². The van der Waals surface area contributed by atoms with Crippen molar-refractivity contribution in [2.45, 2.75) is 6.54 Å². The quantitative estimate of drug-likeness (QED) is 0.313. The molecule has 1 nitrogen and oxygen atoms in total. The number of pyridine rings is 1. The van der Waals surface area contributed by atoms with Gasteiger partial charge in [0.25, 0.3) is 0 Å². The predicted molar refractivity (Wildman–Crippen MR) is 35.5 cm³/mol. The van der Waals surface area contributed by atoms with Crippen molar-refractivity contribution in [3.8, 4) is 12.3 Å². The van der Waals surface area contributed by atoms with Crippen molar-refractivity contribution in [1.29, 1.82) is 0 Å². The average molecular weight is 154 g/mol. The number of hydrogen-bond acceptors (Lipinski definition) is 0. The molecule has 1 heterocycles. The van der Waals surface area contributed by atoms with E-state index in [4.69, 9.17) is 6.42 Å². The zero-order valence-electron chi connectivity index (χ0n) is 5.50. The normalized spacial score (nSPS) is 7.50. The largest absolute Gasteiger partial charge is 1.00 e. The second-order valence-electron chi connectivity index (χ2n) is 1.75. The number of terminal acetylenes is 1. The summed E-state index contributed by atoms with van der Waals surface area (Å²) in [7, 11) is 0. The monoisotopic (exact) mass is 153 g/mol. The molecule has 2 heteroatoms. The van der Waals surface area contributed by atoms with Gasteiger partial charge in [0, 0.05) is 12.1 Å². The van der Waals surface area contributed by atoms with Gasteiger partial charge in [0.2, 0.25) is 6.54 Å². The van der Waals surface area contributed by atoms with E-state index >= 15 is 0 Å². The Hall–Kier alpha value is -1.00. The molecule has 0 radical (unpaired) electrons. The van der Waals surface area contributed by atoms with E-state index in [1.807, 2.05) is 35.2 Å². The summed E-state index contributed by atoms with van der Waals surface area (Å²) in [5.41, 5.74) is 0. The molecular formula is C8H8ClN.